The lowest BCUT2D eigenvalue weighted by atomic mass is 10.2. The molecule has 0 atom stereocenters. The molecule has 3 heteroatoms. The van der Waals surface area contributed by atoms with Gasteiger partial charge in [-0.1, -0.05) is 12.7 Å². The maximum Gasteiger partial charge on any atom is 0.331 e. The van der Waals surface area contributed by atoms with Gasteiger partial charge in [0.25, 0.3) is 0 Å². The van der Waals surface area contributed by atoms with E-state index in [1.807, 2.05) is 19.0 Å². The van der Waals surface area contributed by atoms with E-state index in [4.69, 9.17) is 5.11 Å². The third-order valence-electron chi connectivity index (χ3n) is 1.57. The van der Waals surface area contributed by atoms with Crippen molar-refractivity contribution in [3.8, 4) is 0 Å². The Kier molecular flexibility index (Phi) is 4.59. The first-order valence-corrected chi connectivity index (χ1v) is 3.90. The zero-order valence-electron chi connectivity index (χ0n) is 8.24. The minimum absolute atomic E-state index is 0.307. The molecule has 0 aliphatic heterocycles. The molecule has 0 rings (SSSR count). The minimum Gasteiger partial charge on any atom is -0.478 e. The molecule has 0 saturated heterocycles. The number of aliphatic carboxylic acids is 1. The average molecular weight is 181 g/mol. The van der Waals surface area contributed by atoms with Gasteiger partial charge in [-0.25, -0.2) is 4.79 Å². The summed E-state index contributed by atoms with van der Waals surface area (Å²) in [6.45, 7) is 5.17. The second kappa shape index (κ2) is 5.19. The van der Waals surface area contributed by atoms with Crippen molar-refractivity contribution in [3.05, 3.63) is 36.1 Å². The van der Waals surface area contributed by atoms with Crippen molar-refractivity contribution >= 4 is 5.97 Å². The summed E-state index contributed by atoms with van der Waals surface area (Å²) in [6.07, 6.45) is 4.95. The van der Waals surface area contributed by atoms with Crippen molar-refractivity contribution in [2.75, 3.05) is 14.1 Å². The Morgan fingerprint density at radius 1 is 1.38 bits per heavy atom. The van der Waals surface area contributed by atoms with Gasteiger partial charge in [0.15, 0.2) is 0 Å². The van der Waals surface area contributed by atoms with E-state index >= 15 is 0 Å². The molecule has 0 heterocycles. The lowest BCUT2D eigenvalue weighted by Gasteiger charge is -2.11. The highest BCUT2D eigenvalue weighted by molar-refractivity contribution is 5.86. The van der Waals surface area contributed by atoms with E-state index in [0.29, 0.717) is 5.57 Å². The molecule has 0 spiro atoms. The predicted octanol–water partition coefficient (Wildman–Crippen LogP) is 1.65. The largest absolute Gasteiger partial charge is 0.478 e. The van der Waals surface area contributed by atoms with Crippen LogP contribution < -0.4 is 0 Å². The summed E-state index contributed by atoms with van der Waals surface area (Å²) in [4.78, 5) is 12.3. The Morgan fingerprint density at radius 2 is 1.92 bits per heavy atom. The van der Waals surface area contributed by atoms with Crippen molar-refractivity contribution in [3.63, 3.8) is 0 Å². The summed E-state index contributed by atoms with van der Waals surface area (Å²) < 4.78 is 0. The number of likely N-dealkylation sites (N-methyl/N-ethyl adjacent to an activating group) is 1. The minimum atomic E-state index is -0.904. The van der Waals surface area contributed by atoms with E-state index < -0.39 is 5.97 Å². The molecule has 0 aliphatic carbocycles. The van der Waals surface area contributed by atoms with Gasteiger partial charge >= 0.3 is 5.97 Å². The number of hydrogen-bond donors (Lipinski definition) is 1. The highest BCUT2D eigenvalue weighted by Crippen LogP contribution is 2.01. The van der Waals surface area contributed by atoms with Crippen LogP contribution in [0.15, 0.2) is 36.1 Å². The quantitative estimate of drug-likeness (QED) is 0.529. The van der Waals surface area contributed by atoms with Crippen LogP contribution in [0.4, 0.5) is 0 Å². The van der Waals surface area contributed by atoms with Crippen molar-refractivity contribution in [1.29, 1.82) is 0 Å². The summed E-state index contributed by atoms with van der Waals surface area (Å²) >= 11 is 0. The average Bonchev–Trinajstić information content (AvgIpc) is 2.04. The summed E-state index contributed by atoms with van der Waals surface area (Å²) in [5.74, 6) is -0.904. The molecule has 0 aromatic heterocycles. The third-order valence-corrected chi connectivity index (χ3v) is 1.57. The van der Waals surface area contributed by atoms with Crippen molar-refractivity contribution in [2.45, 2.75) is 6.92 Å². The molecule has 1 N–H and O–H groups in total. The first-order valence-electron chi connectivity index (χ1n) is 3.90. The van der Waals surface area contributed by atoms with Crippen LogP contribution in [-0.2, 0) is 4.79 Å². The van der Waals surface area contributed by atoms with Crippen LogP contribution in [0.1, 0.15) is 6.92 Å². The molecule has 0 radical (unpaired) electrons. The molecule has 0 fully saturated rings. The third kappa shape index (κ3) is 4.15. The van der Waals surface area contributed by atoms with Crippen LogP contribution in [0.3, 0.4) is 0 Å². The molecular formula is C10H15NO2. The van der Waals surface area contributed by atoms with Gasteiger partial charge < -0.3 is 10.0 Å². The van der Waals surface area contributed by atoms with E-state index in [1.165, 1.54) is 0 Å². The molecule has 3 nitrogen and oxygen atoms in total. The van der Waals surface area contributed by atoms with Crippen LogP contribution in [0, 0.1) is 0 Å². The molecule has 0 saturated carbocycles. The van der Waals surface area contributed by atoms with E-state index in [-0.39, 0.29) is 0 Å². The number of carbonyl (C=O) groups is 1. The smallest absolute Gasteiger partial charge is 0.331 e. The van der Waals surface area contributed by atoms with Gasteiger partial charge in [-0.3, -0.25) is 0 Å². The zero-order chi connectivity index (χ0) is 10.4. The zero-order valence-corrected chi connectivity index (χ0v) is 8.24. The highest BCUT2D eigenvalue weighted by Gasteiger charge is 1.97. The Hall–Kier alpha value is -1.51. The van der Waals surface area contributed by atoms with E-state index in [9.17, 15) is 4.79 Å². The Bertz CT molecular complexity index is 262. The maximum atomic E-state index is 10.4. The number of rotatable bonds is 4. The lowest BCUT2D eigenvalue weighted by Crippen LogP contribution is -2.08. The normalized spacial score (nSPS) is 12.5. The Morgan fingerprint density at radius 3 is 2.23 bits per heavy atom. The van der Waals surface area contributed by atoms with Crippen LogP contribution in [-0.4, -0.2) is 30.1 Å². The summed E-state index contributed by atoms with van der Waals surface area (Å²) in [5.41, 5.74) is 1.18. The number of carboxylic acid groups (broad SMARTS) is 1. The molecule has 0 bridgehead atoms. The monoisotopic (exact) mass is 181 g/mol. The second-order valence-corrected chi connectivity index (χ2v) is 2.84. The van der Waals surface area contributed by atoms with Crippen LogP contribution >= 0.6 is 0 Å². The number of hydrogen-bond acceptors (Lipinski definition) is 2. The molecule has 0 aromatic carbocycles. The first kappa shape index (κ1) is 11.5. The van der Waals surface area contributed by atoms with Crippen molar-refractivity contribution in [1.82, 2.24) is 4.90 Å². The van der Waals surface area contributed by atoms with E-state index in [0.717, 1.165) is 5.70 Å². The molecule has 13 heavy (non-hydrogen) atoms. The molecule has 0 amide bonds. The van der Waals surface area contributed by atoms with E-state index in [2.05, 4.69) is 6.58 Å². The Labute approximate surface area is 78.7 Å². The van der Waals surface area contributed by atoms with Gasteiger partial charge in [-0.15, -0.1) is 0 Å². The van der Waals surface area contributed by atoms with Crippen LogP contribution in [0.5, 0.6) is 0 Å². The van der Waals surface area contributed by atoms with Gasteiger partial charge in [0.05, 0.1) is 0 Å². The fraction of sp³-hybridized carbons (Fsp3) is 0.300. The van der Waals surface area contributed by atoms with E-state index in [1.54, 1.807) is 25.2 Å². The summed E-state index contributed by atoms with van der Waals surface area (Å²) in [5, 5.41) is 8.57. The lowest BCUT2D eigenvalue weighted by molar-refractivity contribution is -0.132. The van der Waals surface area contributed by atoms with Crippen molar-refractivity contribution in [2.24, 2.45) is 0 Å². The first-order chi connectivity index (χ1) is 5.99. The molecule has 0 unspecified atom stereocenters. The predicted molar refractivity (Wildman–Crippen MR) is 53.4 cm³/mol. The number of nitrogens with zero attached hydrogens (tertiary/aromatic N) is 1. The molecule has 72 valence electrons. The second-order valence-electron chi connectivity index (χ2n) is 2.84. The standard InChI is InChI=1S/C10H15NO2/c1-5-9(11(3)4)7-6-8(2)10(12)13/h5-7H,1H2,2-4H3,(H,12,13)/b8-6+,9-7+. The van der Waals surface area contributed by atoms with Gasteiger partial charge in [0.2, 0.25) is 0 Å². The van der Waals surface area contributed by atoms with Crippen LogP contribution in [0.25, 0.3) is 0 Å². The number of allylic oxidation sites excluding steroid dienone is 3. The molecule has 0 aliphatic rings. The van der Waals surface area contributed by atoms with Gasteiger partial charge in [-0.2, -0.15) is 0 Å². The number of carboxylic acids is 1. The van der Waals surface area contributed by atoms with Crippen LogP contribution in [0.2, 0.25) is 0 Å². The fourth-order valence-corrected chi connectivity index (χ4v) is 0.681. The topological polar surface area (TPSA) is 40.5 Å². The van der Waals surface area contributed by atoms with Gasteiger partial charge in [0.1, 0.15) is 0 Å². The molecular weight excluding hydrogens is 166 g/mol. The maximum absolute atomic E-state index is 10.4. The van der Waals surface area contributed by atoms with Gasteiger partial charge in [0, 0.05) is 25.4 Å². The summed E-state index contributed by atoms with van der Waals surface area (Å²) in [6, 6.07) is 0. The van der Waals surface area contributed by atoms with Gasteiger partial charge in [-0.05, 0) is 19.1 Å². The molecule has 0 aromatic rings. The van der Waals surface area contributed by atoms with Crippen molar-refractivity contribution < 1.29 is 9.90 Å². The highest BCUT2D eigenvalue weighted by atomic mass is 16.4. The SMILES string of the molecule is C=C/C(=C\C=C(/C)C(=O)O)N(C)C. The Balaban J connectivity index is 4.64. The summed E-state index contributed by atoms with van der Waals surface area (Å²) in [7, 11) is 3.74. The fourth-order valence-electron chi connectivity index (χ4n) is 0.681.